The highest BCUT2D eigenvalue weighted by atomic mass is 31.1. The first-order valence-corrected chi connectivity index (χ1v) is 7.12. The molecule has 0 N–H and O–H groups in total. The standard InChI is InChI=1S/C10H24NP/c1-5-11(6-2)9-10-12(7-3)8-4/h5-10H2,1-4H3. The van der Waals surface area contributed by atoms with Gasteiger partial charge in [-0.1, -0.05) is 27.7 Å². The molecule has 0 spiro atoms. The smallest absolute Gasteiger partial charge is 0.00204 e. The molecule has 74 valence electrons. The monoisotopic (exact) mass is 189 g/mol. The largest absolute Gasteiger partial charge is 0.304 e. The molecule has 0 radical (unpaired) electrons. The summed E-state index contributed by atoms with van der Waals surface area (Å²) in [4.78, 5) is 2.53. The topological polar surface area (TPSA) is 3.24 Å². The van der Waals surface area contributed by atoms with Crippen molar-refractivity contribution in [3.05, 3.63) is 0 Å². The highest BCUT2D eigenvalue weighted by Gasteiger charge is 2.04. The molecule has 0 aromatic carbocycles. The van der Waals surface area contributed by atoms with E-state index >= 15 is 0 Å². The molecule has 0 aromatic heterocycles. The summed E-state index contributed by atoms with van der Waals surface area (Å²) in [5.74, 6) is 0. The van der Waals surface area contributed by atoms with Gasteiger partial charge in [0.1, 0.15) is 0 Å². The van der Waals surface area contributed by atoms with Gasteiger partial charge in [-0.25, -0.2) is 0 Å². The van der Waals surface area contributed by atoms with Crippen LogP contribution in [0, 0.1) is 0 Å². The first kappa shape index (κ1) is 12.4. The molecule has 0 aliphatic rings. The molecule has 0 fully saturated rings. The van der Waals surface area contributed by atoms with Crippen LogP contribution in [0.15, 0.2) is 0 Å². The molecule has 0 atom stereocenters. The average molecular weight is 189 g/mol. The van der Waals surface area contributed by atoms with Crippen molar-refractivity contribution in [3.8, 4) is 0 Å². The van der Waals surface area contributed by atoms with E-state index in [-0.39, 0.29) is 0 Å². The summed E-state index contributed by atoms with van der Waals surface area (Å²) in [6, 6.07) is 0. The van der Waals surface area contributed by atoms with Crippen molar-refractivity contribution in [2.24, 2.45) is 0 Å². The van der Waals surface area contributed by atoms with Crippen LogP contribution < -0.4 is 0 Å². The zero-order chi connectivity index (χ0) is 9.40. The second kappa shape index (κ2) is 8.01. The molecule has 0 rings (SSSR count). The Morgan fingerprint density at radius 3 is 1.75 bits per heavy atom. The van der Waals surface area contributed by atoms with Crippen LogP contribution >= 0.6 is 7.92 Å². The van der Waals surface area contributed by atoms with Gasteiger partial charge in [0.05, 0.1) is 0 Å². The molecular weight excluding hydrogens is 165 g/mol. The summed E-state index contributed by atoms with van der Waals surface area (Å²) in [5.41, 5.74) is 0. The van der Waals surface area contributed by atoms with E-state index in [1.165, 1.54) is 38.1 Å². The molecule has 12 heavy (non-hydrogen) atoms. The highest BCUT2D eigenvalue weighted by molar-refractivity contribution is 7.57. The third kappa shape index (κ3) is 5.11. The van der Waals surface area contributed by atoms with Crippen molar-refractivity contribution >= 4 is 7.92 Å². The second-order valence-electron chi connectivity index (χ2n) is 3.05. The Morgan fingerprint density at radius 2 is 1.42 bits per heavy atom. The van der Waals surface area contributed by atoms with Crippen molar-refractivity contribution in [1.82, 2.24) is 4.90 Å². The number of nitrogens with zero attached hydrogens (tertiary/aromatic N) is 1. The molecule has 0 saturated carbocycles. The van der Waals surface area contributed by atoms with Gasteiger partial charge in [-0.2, -0.15) is 0 Å². The minimum absolute atomic E-state index is 0.358. The Balaban J connectivity index is 3.49. The zero-order valence-corrected chi connectivity index (χ0v) is 10.0. The van der Waals surface area contributed by atoms with Crippen molar-refractivity contribution in [2.75, 3.05) is 38.1 Å². The van der Waals surface area contributed by atoms with Crippen LogP contribution in [-0.2, 0) is 0 Å². The van der Waals surface area contributed by atoms with Gasteiger partial charge in [0.15, 0.2) is 0 Å². The van der Waals surface area contributed by atoms with Gasteiger partial charge in [0.2, 0.25) is 0 Å². The van der Waals surface area contributed by atoms with E-state index in [0.717, 1.165) is 0 Å². The summed E-state index contributed by atoms with van der Waals surface area (Å²) in [7, 11) is 0.358. The summed E-state index contributed by atoms with van der Waals surface area (Å²) >= 11 is 0. The molecular formula is C10H24NP. The van der Waals surface area contributed by atoms with E-state index in [1.807, 2.05) is 0 Å². The minimum Gasteiger partial charge on any atom is -0.304 e. The van der Waals surface area contributed by atoms with Crippen LogP contribution in [0.2, 0.25) is 0 Å². The summed E-state index contributed by atoms with van der Waals surface area (Å²) in [5, 5.41) is 0. The van der Waals surface area contributed by atoms with Crippen LogP contribution in [0.3, 0.4) is 0 Å². The molecule has 1 nitrogen and oxygen atoms in total. The fourth-order valence-electron chi connectivity index (χ4n) is 1.36. The SMILES string of the molecule is CCN(CC)CCP(CC)CC. The molecule has 0 bridgehead atoms. The third-order valence-electron chi connectivity index (χ3n) is 2.52. The minimum atomic E-state index is 0.358. The highest BCUT2D eigenvalue weighted by Crippen LogP contribution is 2.33. The summed E-state index contributed by atoms with van der Waals surface area (Å²) in [6.45, 7) is 12.9. The van der Waals surface area contributed by atoms with E-state index in [0.29, 0.717) is 7.92 Å². The fourth-order valence-corrected chi connectivity index (χ4v) is 3.01. The second-order valence-corrected chi connectivity index (χ2v) is 6.11. The molecule has 0 amide bonds. The predicted octanol–water partition coefficient (Wildman–Crippen LogP) is 2.85. The third-order valence-corrected chi connectivity index (χ3v) is 5.14. The molecule has 0 unspecified atom stereocenters. The van der Waals surface area contributed by atoms with Gasteiger partial charge >= 0.3 is 0 Å². The Bertz CT molecular complexity index is 75.8. The van der Waals surface area contributed by atoms with Crippen molar-refractivity contribution in [3.63, 3.8) is 0 Å². The normalized spacial score (nSPS) is 11.5. The molecule has 0 aliphatic heterocycles. The lowest BCUT2D eigenvalue weighted by Crippen LogP contribution is -2.26. The van der Waals surface area contributed by atoms with E-state index in [1.54, 1.807) is 0 Å². The lowest BCUT2D eigenvalue weighted by molar-refractivity contribution is 0.323. The zero-order valence-electron chi connectivity index (χ0n) is 9.14. The van der Waals surface area contributed by atoms with Gasteiger partial charge in [-0.05, 0) is 31.6 Å². The van der Waals surface area contributed by atoms with Crippen molar-refractivity contribution in [1.29, 1.82) is 0 Å². The average Bonchev–Trinajstić information content (AvgIpc) is 2.13. The Labute approximate surface area is 79.3 Å². The first-order chi connectivity index (χ1) is 5.78. The van der Waals surface area contributed by atoms with Crippen LogP contribution in [0.25, 0.3) is 0 Å². The molecule has 0 aromatic rings. The maximum absolute atomic E-state index is 2.53. The summed E-state index contributed by atoms with van der Waals surface area (Å²) in [6.07, 6.45) is 4.27. The van der Waals surface area contributed by atoms with E-state index in [2.05, 4.69) is 32.6 Å². The lowest BCUT2D eigenvalue weighted by atomic mass is 10.5. The van der Waals surface area contributed by atoms with Gasteiger partial charge in [0.25, 0.3) is 0 Å². The van der Waals surface area contributed by atoms with E-state index in [9.17, 15) is 0 Å². The van der Waals surface area contributed by atoms with Crippen LogP contribution in [-0.4, -0.2) is 43.0 Å². The van der Waals surface area contributed by atoms with Crippen LogP contribution in [0.5, 0.6) is 0 Å². The summed E-state index contributed by atoms with van der Waals surface area (Å²) < 4.78 is 0. The molecule has 0 heterocycles. The van der Waals surface area contributed by atoms with Gasteiger partial charge < -0.3 is 4.90 Å². The van der Waals surface area contributed by atoms with E-state index < -0.39 is 0 Å². The van der Waals surface area contributed by atoms with E-state index in [4.69, 9.17) is 0 Å². The number of rotatable bonds is 7. The molecule has 0 saturated heterocycles. The Morgan fingerprint density at radius 1 is 0.917 bits per heavy atom. The van der Waals surface area contributed by atoms with Crippen LogP contribution in [0.1, 0.15) is 27.7 Å². The van der Waals surface area contributed by atoms with Crippen molar-refractivity contribution < 1.29 is 0 Å². The molecule has 2 heteroatoms. The van der Waals surface area contributed by atoms with Gasteiger partial charge in [-0.3, -0.25) is 0 Å². The molecule has 0 aliphatic carbocycles. The predicted molar refractivity (Wildman–Crippen MR) is 60.7 cm³/mol. The Kier molecular flexibility index (Phi) is 8.27. The maximum atomic E-state index is 2.53. The Hall–Kier alpha value is 0.390. The van der Waals surface area contributed by atoms with Crippen molar-refractivity contribution in [2.45, 2.75) is 27.7 Å². The quantitative estimate of drug-likeness (QED) is 0.557. The van der Waals surface area contributed by atoms with Crippen LogP contribution in [0.4, 0.5) is 0 Å². The van der Waals surface area contributed by atoms with Gasteiger partial charge in [0, 0.05) is 6.54 Å². The fraction of sp³-hybridized carbons (Fsp3) is 1.00. The lowest BCUT2D eigenvalue weighted by Gasteiger charge is -2.21. The first-order valence-electron chi connectivity index (χ1n) is 5.23. The maximum Gasteiger partial charge on any atom is 0.00204 e. The number of hydrogen-bond donors (Lipinski definition) is 0. The number of hydrogen-bond acceptors (Lipinski definition) is 1. The van der Waals surface area contributed by atoms with Gasteiger partial charge in [-0.15, -0.1) is 7.92 Å².